The Labute approximate surface area is 190 Å². The van der Waals surface area contributed by atoms with Crippen molar-refractivity contribution in [2.45, 2.75) is 13.1 Å². The lowest BCUT2D eigenvalue weighted by atomic mass is 10.2. The zero-order valence-corrected chi connectivity index (χ0v) is 18.8. The van der Waals surface area contributed by atoms with E-state index in [9.17, 15) is 0 Å². The van der Waals surface area contributed by atoms with Crippen LogP contribution in [-0.2, 0) is 17.8 Å². The Kier molecular flexibility index (Phi) is 5.93. The van der Waals surface area contributed by atoms with Crippen molar-refractivity contribution in [1.29, 1.82) is 0 Å². The molecule has 32 heavy (non-hydrogen) atoms. The molecule has 164 valence electrons. The van der Waals surface area contributed by atoms with E-state index in [-0.39, 0.29) is 5.95 Å². The number of thiophene rings is 1. The Morgan fingerprint density at radius 3 is 2.56 bits per heavy atom. The van der Waals surface area contributed by atoms with E-state index in [1.807, 2.05) is 6.07 Å². The number of benzene rings is 1. The summed E-state index contributed by atoms with van der Waals surface area (Å²) in [4.78, 5) is 23.8. The Morgan fingerprint density at radius 2 is 1.81 bits per heavy atom. The summed E-state index contributed by atoms with van der Waals surface area (Å²) in [5, 5.41) is 0. The van der Waals surface area contributed by atoms with E-state index < -0.39 is 0 Å². The predicted octanol–water partition coefficient (Wildman–Crippen LogP) is 3.20. The van der Waals surface area contributed by atoms with Crippen LogP contribution in [0.25, 0.3) is 21.6 Å². The third-order valence-corrected chi connectivity index (χ3v) is 6.47. The van der Waals surface area contributed by atoms with Gasteiger partial charge in [0, 0.05) is 43.4 Å². The second-order valence-electron chi connectivity index (χ2n) is 7.89. The second-order valence-corrected chi connectivity index (χ2v) is 9.02. The van der Waals surface area contributed by atoms with Crippen LogP contribution in [0.2, 0.25) is 0 Å². The number of ether oxygens (including phenoxy) is 1. The van der Waals surface area contributed by atoms with Gasteiger partial charge in [-0.25, -0.2) is 19.9 Å². The fraction of sp³-hybridized carbons (Fsp3) is 0.304. The number of nitrogens with zero attached hydrogens (tertiary/aromatic N) is 6. The van der Waals surface area contributed by atoms with Crippen molar-refractivity contribution < 1.29 is 4.74 Å². The van der Waals surface area contributed by atoms with Crippen molar-refractivity contribution in [3.63, 3.8) is 0 Å². The number of hydrogen-bond acceptors (Lipinski definition) is 9. The van der Waals surface area contributed by atoms with E-state index in [2.05, 4.69) is 57.1 Å². The standard InChI is InChI=1S/C23H25N7OS/c1-29(14-16-5-3-2-4-6-16)15-18-11-19-20(32-18)22(30-7-9-31-10-8-30)28-21(27-19)17-12-25-23(24)26-13-17/h2-6,11-13H,7-10,14-15H2,1H3,(H2,24,25,26). The highest BCUT2D eigenvalue weighted by Gasteiger charge is 2.20. The number of morpholine rings is 1. The summed E-state index contributed by atoms with van der Waals surface area (Å²) in [6, 6.07) is 12.7. The molecule has 0 unspecified atom stereocenters. The van der Waals surface area contributed by atoms with Gasteiger partial charge < -0.3 is 15.4 Å². The number of rotatable bonds is 6. The molecule has 0 saturated carbocycles. The zero-order valence-electron chi connectivity index (χ0n) is 17.9. The average Bonchev–Trinajstić information content (AvgIpc) is 3.22. The van der Waals surface area contributed by atoms with Crippen molar-refractivity contribution in [1.82, 2.24) is 24.8 Å². The monoisotopic (exact) mass is 447 g/mol. The first kappa shape index (κ1) is 20.7. The topological polar surface area (TPSA) is 93.3 Å². The lowest BCUT2D eigenvalue weighted by Crippen LogP contribution is -2.36. The largest absolute Gasteiger partial charge is 0.378 e. The number of fused-ring (bicyclic) bond motifs is 1. The van der Waals surface area contributed by atoms with Crippen LogP contribution in [0.4, 0.5) is 11.8 Å². The minimum absolute atomic E-state index is 0.238. The molecule has 4 aromatic rings. The van der Waals surface area contributed by atoms with Gasteiger partial charge in [-0.05, 0) is 18.7 Å². The third-order valence-electron chi connectivity index (χ3n) is 5.37. The lowest BCUT2D eigenvalue weighted by Gasteiger charge is -2.28. The van der Waals surface area contributed by atoms with Crippen molar-refractivity contribution in [2.24, 2.45) is 0 Å². The molecular formula is C23H25N7OS. The summed E-state index contributed by atoms with van der Waals surface area (Å²) in [5.74, 6) is 1.80. The molecule has 4 heterocycles. The summed E-state index contributed by atoms with van der Waals surface area (Å²) in [6.07, 6.45) is 3.35. The van der Waals surface area contributed by atoms with E-state index in [1.165, 1.54) is 10.4 Å². The van der Waals surface area contributed by atoms with E-state index in [0.717, 1.165) is 47.8 Å². The van der Waals surface area contributed by atoms with Crippen molar-refractivity contribution in [3.05, 3.63) is 59.2 Å². The fourth-order valence-corrected chi connectivity index (χ4v) is 5.02. The summed E-state index contributed by atoms with van der Waals surface area (Å²) in [5.41, 5.74) is 8.66. The predicted molar refractivity (Wildman–Crippen MR) is 127 cm³/mol. The molecule has 1 saturated heterocycles. The zero-order chi connectivity index (χ0) is 21.9. The summed E-state index contributed by atoms with van der Waals surface area (Å²) in [7, 11) is 2.14. The van der Waals surface area contributed by atoms with Gasteiger partial charge in [0.25, 0.3) is 0 Å². The summed E-state index contributed by atoms with van der Waals surface area (Å²) >= 11 is 1.76. The summed E-state index contributed by atoms with van der Waals surface area (Å²) in [6.45, 7) is 4.76. The Balaban J connectivity index is 1.48. The molecule has 0 atom stereocenters. The first-order valence-electron chi connectivity index (χ1n) is 10.6. The van der Waals surface area contributed by atoms with Gasteiger partial charge >= 0.3 is 0 Å². The Morgan fingerprint density at radius 1 is 1.06 bits per heavy atom. The normalized spacial score (nSPS) is 14.4. The number of hydrogen-bond donors (Lipinski definition) is 1. The highest BCUT2D eigenvalue weighted by Crippen LogP contribution is 2.35. The van der Waals surface area contributed by atoms with Crippen molar-refractivity contribution >= 4 is 33.3 Å². The Bertz CT molecular complexity index is 1190. The van der Waals surface area contributed by atoms with Crippen LogP contribution in [0.1, 0.15) is 10.4 Å². The van der Waals surface area contributed by atoms with Gasteiger partial charge in [-0.2, -0.15) is 0 Å². The van der Waals surface area contributed by atoms with Crippen LogP contribution in [-0.4, -0.2) is 58.2 Å². The second kappa shape index (κ2) is 9.15. The van der Waals surface area contributed by atoms with Gasteiger partial charge in [-0.15, -0.1) is 11.3 Å². The smallest absolute Gasteiger partial charge is 0.219 e. The SMILES string of the molecule is CN(Cc1ccccc1)Cc1cc2nc(-c3cnc(N)nc3)nc(N3CCOCC3)c2s1. The molecule has 0 amide bonds. The molecule has 0 radical (unpaired) electrons. The molecular weight excluding hydrogens is 422 g/mol. The summed E-state index contributed by atoms with van der Waals surface area (Å²) < 4.78 is 6.66. The first-order chi connectivity index (χ1) is 15.7. The van der Waals surface area contributed by atoms with Crippen LogP contribution in [0.3, 0.4) is 0 Å². The van der Waals surface area contributed by atoms with Gasteiger partial charge in [0.05, 0.1) is 29.0 Å². The van der Waals surface area contributed by atoms with Gasteiger partial charge in [0.1, 0.15) is 0 Å². The number of aromatic nitrogens is 4. The maximum absolute atomic E-state index is 5.66. The maximum Gasteiger partial charge on any atom is 0.219 e. The highest BCUT2D eigenvalue weighted by molar-refractivity contribution is 7.19. The molecule has 1 aliphatic rings. The van der Waals surface area contributed by atoms with Crippen LogP contribution < -0.4 is 10.6 Å². The van der Waals surface area contributed by atoms with E-state index in [0.29, 0.717) is 19.0 Å². The number of anilines is 2. The van der Waals surface area contributed by atoms with Gasteiger partial charge in [-0.1, -0.05) is 30.3 Å². The van der Waals surface area contributed by atoms with E-state index in [1.54, 1.807) is 23.7 Å². The molecule has 5 rings (SSSR count). The molecule has 1 aliphatic heterocycles. The third kappa shape index (κ3) is 4.55. The van der Waals surface area contributed by atoms with Crippen molar-refractivity contribution in [2.75, 3.05) is 44.0 Å². The number of nitrogen functional groups attached to an aromatic ring is 1. The number of nitrogens with two attached hydrogens (primary N) is 1. The molecule has 1 aromatic carbocycles. The molecule has 1 fully saturated rings. The molecule has 9 heteroatoms. The van der Waals surface area contributed by atoms with Gasteiger partial charge in [-0.3, -0.25) is 4.90 Å². The van der Waals surface area contributed by atoms with E-state index in [4.69, 9.17) is 20.4 Å². The molecule has 0 spiro atoms. The molecule has 0 aliphatic carbocycles. The van der Waals surface area contributed by atoms with Crippen LogP contribution in [0.5, 0.6) is 0 Å². The first-order valence-corrected chi connectivity index (χ1v) is 11.4. The molecule has 3 aromatic heterocycles. The van der Waals surface area contributed by atoms with Crippen LogP contribution in [0.15, 0.2) is 48.8 Å². The van der Waals surface area contributed by atoms with E-state index >= 15 is 0 Å². The molecule has 0 bridgehead atoms. The molecule has 2 N–H and O–H groups in total. The minimum atomic E-state index is 0.238. The van der Waals surface area contributed by atoms with Gasteiger partial charge in [0.2, 0.25) is 5.95 Å². The highest BCUT2D eigenvalue weighted by atomic mass is 32.1. The molecule has 8 nitrogen and oxygen atoms in total. The minimum Gasteiger partial charge on any atom is -0.378 e. The quantitative estimate of drug-likeness (QED) is 0.482. The average molecular weight is 448 g/mol. The van der Waals surface area contributed by atoms with Crippen molar-refractivity contribution in [3.8, 4) is 11.4 Å². The fourth-order valence-electron chi connectivity index (χ4n) is 3.83. The maximum atomic E-state index is 5.66. The lowest BCUT2D eigenvalue weighted by molar-refractivity contribution is 0.122. The van der Waals surface area contributed by atoms with Crippen LogP contribution >= 0.6 is 11.3 Å². The Hall–Kier alpha value is -3.14. The van der Waals surface area contributed by atoms with Crippen LogP contribution in [0, 0.1) is 0 Å². The van der Waals surface area contributed by atoms with Gasteiger partial charge in [0.15, 0.2) is 11.6 Å².